The maximum absolute atomic E-state index is 13.2. The van der Waals surface area contributed by atoms with Crippen molar-refractivity contribution in [2.45, 2.75) is 25.4 Å². The van der Waals surface area contributed by atoms with Gasteiger partial charge in [0.25, 0.3) is 0 Å². The molecule has 0 unspecified atom stereocenters. The topological polar surface area (TPSA) is 50.8 Å². The zero-order valence-corrected chi connectivity index (χ0v) is 17.3. The van der Waals surface area contributed by atoms with Crippen LogP contribution < -0.4 is 10.1 Å². The number of carbonyl (C=O) groups excluding carboxylic acids is 1. The highest BCUT2D eigenvalue weighted by Crippen LogP contribution is 2.47. The van der Waals surface area contributed by atoms with Gasteiger partial charge in [0.1, 0.15) is 5.75 Å². The van der Waals surface area contributed by atoms with Gasteiger partial charge in [-0.1, -0.05) is 48.5 Å². The molecule has 30 heavy (non-hydrogen) atoms. The van der Waals surface area contributed by atoms with Crippen LogP contribution in [0.5, 0.6) is 5.75 Å². The first-order chi connectivity index (χ1) is 14.8. The van der Waals surface area contributed by atoms with E-state index in [4.69, 9.17) is 9.47 Å². The molecule has 3 aliphatic rings. The van der Waals surface area contributed by atoms with Gasteiger partial charge in [-0.15, -0.1) is 0 Å². The second-order valence-electron chi connectivity index (χ2n) is 8.78. The number of nitrogens with zero attached hydrogens (tertiary/aromatic N) is 1. The van der Waals surface area contributed by atoms with Crippen LogP contribution in [0.2, 0.25) is 0 Å². The molecule has 1 N–H and O–H groups in total. The molecule has 2 fully saturated rings. The lowest BCUT2D eigenvalue weighted by atomic mass is 9.84. The van der Waals surface area contributed by atoms with Gasteiger partial charge in [-0.3, -0.25) is 9.69 Å². The second kappa shape index (κ2) is 8.78. The predicted molar refractivity (Wildman–Crippen MR) is 115 cm³/mol. The van der Waals surface area contributed by atoms with Crippen molar-refractivity contribution in [3.63, 3.8) is 0 Å². The molecule has 2 aromatic carbocycles. The summed E-state index contributed by atoms with van der Waals surface area (Å²) in [5.41, 5.74) is 2.36. The van der Waals surface area contributed by atoms with Crippen molar-refractivity contribution in [2.24, 2.45) is 17.8 Å². The van der Waals surface area contributed by atoms with Crippen LogP contribution >= 0.6 is 0 Å². The van der Waals surface area contributed by atoms with Crippen molar-refractivity contribution in [1.82, 2.24) is 10.2 Å². The van der Waals surface area contributed by atoms with E-state index in [-0.39, 0.29) is 23.8 Å². The van der Waals surface area contributed by atoms with E-state index < -0.39 is 0 Å². The Morgan fingerprint density at radius 2 is 1.80 bits per heavy atom. The molecular formula is C25H30N2O3. The van der Waals surface area contributed by atoms with Crippen molar-refractivity contribution in [3.05, 3.63) is 65.7 Å². The number of amides is 1. The molecular weight excluding hydrogens is 376 g/mol. The van der Waals surface area contributed by atoms with Gasteiger partial charge in [-0.2, -0.15) is 0 Å². The SMILES string of the molecule is O=C(NCc1ccccc1)[C@@H]1CN(CC2CCOCC2)[C@H]2c3ccccc3OC[C@@H]12. The van der Waals surface area contributed by atoms with E-state index in [0.29, 0.717) is 19.1 Å². The Kier molecular flexibility index (Phi) is 5.73. The number of ether oxygens (including phenoxy) is 2. The summed E-state index contributed by atoms with van der Waals surface area (Å²) in [6, 6.07) is 18.7. The molecule has 2 saturated heterocycles. The minimum atomic E-state index is -0.0492. The van der Waals surface area contributed by atoms with Crippen molar-refractivity contribution >= 4 is 5.91 Å². The van der Waals surface area contributed by atoms with Crippen molar-refractivity contribution in [3.8, 4) is 5.75 Å². The van der Waals surface area contributed by atoms with Crippen molar-refractivity contribution in [2.75, 3.05) is 32.9 Å². The number of nitrogens with one attached hydrogen (secondary N) is 1. The molecule has 158 valence electrons. The number of rotatable bonds is 5. The lowest BCUT2D eigenvalue weighted by Gasteiger charge is -2.36. The summed E-state index contributed by atoms with van der Waals surface area (Å²) >= 11 is 0. The summed E-state index contributed by atoms with van der Waals surface area (Å²) in [6.07, 6.45) is 2.22. The Morgan fingerprint density at radius 1 is 1.03 bits per heavy atom. The van der Waals surface area contributed by atoms with E-state index in [0.717, 1.165) is 50.5 Å². The van der Waals surface area contributed by atoms with Gasteiger partial charge in [-0.25, -0.2) is 0 Å². The van der Waals surface area contributed by atoms with Gasteiger partial charge >= 0.3 is 0 Å². The minimum absolute atomic E-state index is 0.0492. The lowest BCUT2D eigenvalue weighted by Crippen LogP contribution is -2.38. The number of hydrogen-bond acceptors (Lipinski definition) is 4. The first-order valence-corrected chi connectivity index (χ1v) is 11.1. The largest absolute Gasteiger partial charge is 0.493 e. The number of para-hydroxylation sites is 1. The molecule has 0 radical (unpaired) electrons. The number of benzene rings is 2. The number of fused-ring (bicyclic) bond motifs is 3. The fourth-order valence-electron chi connectivity index (χ4n) is 5.31. The lowest BCUT2D eigenvalue weighted by molar-refractivity contribution is -0.126. The van der Waals surface area contributed by atoms with E-state index in [1.54, 1.807) is 0 Å². The average molecular weight is 407 g/mol. The molecule has 0 aliphatic carbocycles. The average Bonchev–Trinajstić information content (AvgIpc) is 3.18. The normalized spacial score (nSPS) is 26.5. The molecule has 3 aliphatic heterocycles. The van der Waals surface area contributed by atoms with Crippen LogP contribution in [-0.2, 0) is 16.1 Å². The summed E-state index contributed by atoms with van der Waals surface area (Å²) in [5.74, 6) is 1.90. The van der Waals surface area contributed by atoms with E-state index >= 15 is 0 Å². The van der Waals surface area contributed by atoms with E-state index in [9.17, 15) is 4.79 Å². The monoisotopic (exact) mass is 406 g/mol. The third-order valence-electron chi connectivity index (χ3n) is 6.90. The van der Waals surface area contributed by atoms with Crippen molar-refractivity contribution < 1.29 is 14.3 Å². The quantitative estimate of drug-likeness (QED) is 0.827. The zero-order valence-electron chi connectivity index (χ0n) is 17.3. The standard InChI is InChI=1S/C25H30N2O3/c28-25(26-14-18-6-2-1-3-7-18)21-16-27(15-19-10-12-29-13-11-19)24-20-8-4-5-9-23(20)30-17-22(21)24/h1-9,19,21-22,24H,10-17H2,(H,26,28)/t21-,22+,24+/m1/s1. The first-order valence-electron chi connectivity index (χ1n) is 11.1. The number of hydrogen-bond donors (Lipinski definition) is 1. The van der Waals surface area contributed by atoms with Crippen molar-refractivity contribution in [1.29, 1.82) is 0 Å². The molecule has 3 atom stereocenters. The van der Waals surface area contributed by atoms with Crippen LogP contribution in [0.3, 0.4) is 0 Å². The maximum Gasteiger partial charge on any atom is 0.225 e. The zero-order chi connectivity index (χ0) is 20.3. The molecule has 5 rings (SSSR count). The van der Waals surface area contributed by atoms with Crippen LogP contribution in [-0.4, -0.2) is 43.7 Å². The van der Waals surface area contributed by atoms with Crippen LogP contribution in [0.15, 0.2) is 54.6 Å². The Hall–Kier alpha value is -2.37. The smallest absolute Gasteiger partial charge is 0.225 e. The molecule has 1 amide bonds. The summed E-state index contributed by atoms with van der Waals surface area (Å²) in [5, 5.41) is 3.18. The molecule has 3 heterocycles. The molecule has 5 heteroatoms. The third kappa shape index (κ3) is 3.96. The highest BCUT2D eigenvalue weighted by atomic mass is 16.5. The molecule has 0 bridgehead atoms. The molecule has 0 aromatic heterocycles. The molecule has 0 spiro atoms. The predicted octanol–water partition coefficient (Wildman–Crippen LogP) is 3.41. The van der Waals surface area contributed by atoms with E-state index in [1.807, 2.05) is 24.3 Å². The Morgan fingerprint density at radius 3 is 2.63 bits per heavy atom. The Bertz CT molecular complexity index is 866. The van der Waals surface area contributed by atoms with E-state index in [2.05, 4.69) is 40.5 Å². The fourth-order valence-corrected chi connectivity index (χ4v) is 5.31. The summed E-state index contributed by atoms with van der Waals surface area (Å²) in [7, 11) is 0. The van der Waals surface area contributed by atoms with E-state index in [1.165, 1.54) is 5.56 Å². The van der Waals surface area contributed by atoms with Gasteiger partial charge in [0.2, 0.25) is 5.91 Å². The second-order valence-corrected chi connectivity index (χ2v) is 8.78. The minimum Gasteiger partial charge on any atom is -0.493 e. The maximum atomic E-state index is 13.2. The third-order valence-corrected chi connectivity index (χ3v) is 6.90. The molecule has 5 nitrogen and oxygen atoms in total. The van der Waals surface area contributed by atoms with Gasteiger partial charge in [0.05, 0.1) is 12.5 Å². The highest BCUT2D eigenvalue weighted by Gasteiger charge is 2.49. The van der Waals surface area contributed by atoms with Gasteiger partial charge in [-0.05, 0) is 30.4 Å². The van der Waals surface area contributed by atoms with Gasteiger partial charge < -0.3 is 14.8 Å². The van der Waals surface area contributed by atoms with Crippen LogP contribution in [0.25, 0.3) is 0 Å². The number of likely N-dealkylation sites (tertiary alicyclic amines) is 1. The summed E-state index contributed by atoms with van der Waals surface area (Å²) in [4.78, 5) is 15.8. The fraction of sp³-hybridized carbons (Fsp3) is 0.480. The van der Waals surface area contributed by atoms with Crippen LogP contribution in [0.4, 0.5) is 0 Å². The van der Waals surface area contributed by atoms with Gasteiger partial charge in [0, 0.05) is 50.4 Å². The molecule has 0 saturated carbocycles. The first kappa shape index (κ1) is 19.6. The Labute approximate surface area is 178 Å². The summed E-state index contributed by atoms with van der Waals surface area (Å²) in [6.45, 7) is 4.72. The van der Waals surface area contributed by atoms with Crippen LogP contribution in [0, 0.1) is 17.8 Å². The number of carbonyl (C=O) groups is 1. The summed E-state index contributed by atoms with van der Waals surface area (Å²) < 4.78 is 11.6. The van der Waals surface area contributed by atoms with Gasteiger partial charge in [0.15, 0.2) is 0 Å². The Balaban J connectivity index is 1.34. The molecule has 2 aromatic rings. The van der Waals surface area contributed by atoms with Crippen LogP contribution in [0.1, 0.15) is 30.0 Å². The highest BCUT2D eigenvalue weighted by molar-refractivity contribution is 5.80.